The van der Waals surface area contributed by atoms with Gasteiger partial charge in [-0.25, -0.2) is 0 Å². The van der Waals surface area contributed by atoms with E-state index in [9.17, 15) is 13.2 Å². The number of nitrogens with one attached hydrogen (secondary N) is 1. The number of benzene rings is 1. The predicted molar refractivity (Wildman–Crippen MR) is 68.7 cm³/mol. The first-order chi connectivity index (χ1) is 9.05. The Morgan fingerprint density at radius 3 is 2.37 bits per heavy atom. The molecule has 0 radical (unpaired) electrons. The van der Waals surface area contributed by atoms with Crippen LogP contribution in [0.25, 0.3) is 0 Å². The summed E-state index contributed by atoms with van der Waals surface area (Å²) in [5.74, 6) is 0. The van der Waals surface area contributed by atoms with Gasteiger partial charge in [-0.15, -0.1) is 0 Å². The van der Waals surface area contributed by atoms with Gasteiger partial charge in [-0.1, -0.05) is 31.0 Å². The quantitative estimate of drug-likeness (QED) is 0.713. The number of unbranched alkanes of at least 4 members (excludes halogenated alkanes) is 3. The molecule has 0 saturated heterocycles. The van der Waals surface area contributed by atoms with Crippen molar-refractivity contribution in [2.75, 3.05) is 13.2 Å². The van der Waals surface area contributed by atoms with Crippen LogP contribution < -0.4 is 5.32 Å². The number of rotatable bonds is 8. The molecule has 0 aliphatic heterocycles. The Labute approximate surface area is 111 Å². The Balaban J connectivity index is 2.33. The van der Waals surface area contributed by atoms with E-state index < -0.39 is 11.7 Å². The number of halogens is 3. The number of aliphatic hydroxyl groups excluding tert-OH is 1. The van der Waals surface area contributed by atoms with Gasteiger partial charge in [0.15, 0.2) is 0 Å². The molecule has 0 fully saturated rings. The molecule has 0 amide bonds. The molecule has 0 aliphatic carbocycles. The van der Waals surface area contributed by atoms with E-state index in [4.69, 9.17) is 5.11 Å². The fraction of sp³-hybridized carbons (Fsp3) is 0.571. The van der Waals surface area contributed by atoms with E-state index in [1.54, 1.807) is 6.07 Å². The molecule has 2 N–H and O–H groups in total. The highest BCUT2D eigenvalue weighted by Gasteiger charge is 2.32. The number of hydrogen-bond donors (Lipinski definition) is 2. The molecule has 0 spiro atoms. The highest BCUT2D eigenvalue weighted by Crippen LogP contribution is 2.31. The second-order valence-corrected chi connectivity index (χ2v) is 4.47. The Morgan fingerprint density at radius 1 is 1.00 bits per heavy atom. The molecule has 1 aromatic rings. The summed E-state index contributed by atoms with van der Waals surface area (Å²) >= 11 is 0. The highest BCUT2D eigenvalue weighted by atomic mass is 19.4. The second kappa shape index (κ2) is 8.17. The number of hydrogen-bond acceptors (Lipinski definition) is 2. The molecule has 1 aromatic carbocycles. The van der Waals surface area contributed by atoms with E-state index in [-0.39, 0.29) is 18.7 Å². The number of aliphatic hydroxyl groups is 1. The third-order valence-electron chi connectivity index (χ3n) is 2.90. The molecule has 0 atom stereocenters. The summed E-state index contributed by atoms with van der Waals surface area (Å²) in [6.45, 7) is 1.12. The van der Waals surface area contributed by atoms with Crippen molar-refractivity contribution in [2.24, 2.45) is 0 Å². The lowest BCUT2D eigenvalue weighted by Gasteiger charge is -2.13. The SMILES string of the molecule is OCCCCCCNCc1ccccc1C(F)(F)F. The van der Waals surface area contributed by atoms with Crippen LogP contribution in [0.15, 0.2) is 24.3 Å². The van der Waals surface area contributed by atoms with Gasteiger partial charge in [0.25, 0.3) is 0 Å². The average molecular weight is 275 g/mol. The van der Waals surface area contributed by atoms with Crippen molar-refractivity contribution < 1.29 is 18.3 Å². The molecule has 0 unspecified atom stereocenters. The molecule has 19 heavy (non-hydrogen) atoms. The third-order valence-corrected chi connectivity index (χ3v) is 2.90. The predicted octanol–water partition coefficient (Wildman–Crippen LogP) is 3.35. The van der Waals surface area contributed by atoms with Crippen LogP contribution >= 0.6 is 0 Å². The molecular weight excluding hydrogens is 255 g/mol. The van der Waals surface area contributed by atoms with E-state index >= 15 is 0 Å². The molecule has 0 aromatic heterocycles. The molecule has 0 saturated carbocycles. The zero-order valence-corrected chi connectivity index (χ0v) is 10.8. The lowest BCUT2D eigenvalue weighted by Crippen LogP contribution is -2.18. The maximum absolute atomic E-state index is 12.7. The van der Waals surface area contributed by atoms with Crippen LogP contribution in [0, 0.1) is 0 Å². The zero-order valence-electron chi connectivity index (χ0n) is 10.8. The molecule has 5 heteroatoms. The van der Waals surface area contributed by atoms with Gasteiger partial charge in [-0.2, -0.15) is 13.2 Å². The van der Waals surface area contributed by atoms with Gasteiger partial charge in [-0.05, 0) is 31.0 Å². The Kier molecular flexibility index (Phi) is 6.87. The lowest BCUT2D eigenvalue weighted by molar-refractivity contribution is -0.138. The minimum Gasteiger partial charge on any atom is -0.396 e. The summed E-state index contributed by atoms with van der Waals surface area (Å²) in [6, 6.07) is 5.63. The number of alkyl halides is 3. The fourth-order valence-corrected chi connectivity index (χ4v) is 1.89. The van der Waals surface area contributed by atoms with Gasteiger partial charge in [0.1, 0.15) is 0 Å². The first kappa shape index (κ1) is 16.0. The normalized spacial score (nSPS) is 11.8. The van der Waals surface area contributed by atoms with Crippen LogP contribution in [0.5, 0.6) is 0 Å². The van der Waals surface area contributed by atoms with Crippen molar-refractivity contribution in [2.45, 2.75) is 38.4 Å². The van der Waals surface area contributed by atoms with E-state index in [0.717, 1.165) is 31.7 Å². The minimum absolute atomic E-state index is 0.201. The molecule has 108 valence electrons. The van der Waals surface area contributed by atoms with Gasteiger partial charge in [-0.3, -0.25) is 0 Å². The smallest absolute Gasteiger partial charge is 0.396 e. The Hall–Kier alpha value is -1.07. The maximum atomic E-state index is 12.7. The average Bonchev–Trinajstić information content (AvgIpc) is 2.37. The Morgan fingerprint density at radius 2 is 1.68 bits per heavy atom. The van der Waals surface area contributed by atoms with E-state index in [0.29, 0.717) is 6.54 Å². The molecule has 0 aliphatic rings. The first-order valence-electron chi connectivity index (χ1n) is 6.52. The van der Waals surface area contributed by atoms with Crippen molar-refractivity contribution in [3.05, 3.63) is 35.4 Å². The van der Waals surface area contributed by atoms with E-state index in [2.05, 4.69) is 5.32 Å². The standard InChI is InChI=1S/C14H20F3NO/c15-14(16,17)13-8-4-3-7-12(13)11-18-9-5-1-2-6-10-19/h3-4,7-8,18-19H,1-2,5-6,9-11H2. The van der Waals surface area contributed by atoms with Crippen LogP contribution in [0.4, 0.5) is 13.2 Å². The monoisotopic (exact) mass is 275 g/mol. The summed E-state index contributed by atoms with van der Waals surface area (Å²) in [5.41, 5.74) is -0.284. The summed E-state index contributed by atoms with van der Waals surface area (Å²) in [4.78, 5) is 0. The van der Waals surface area contributed by atoms with Crippen molar-refractivity contribution in [1.82, 2.24) is 5.32 Å². The van der Waals surface area contributed by atoms with E-state index in [1.165, 1.54) is 12.1 Å². The topological polar surface area (TPSA) is 32.3 Å². The Bertz CT molecular complexity index is 366. The van der Waals surface area contributed by atoms with Crippen LogP contribution in [0.3, 0.4) is 0 Å². The van der Waals surface area contributed by atoms with Crippen LogP contribution in [-0.2, 0) is 12.7 Å². The van der Waals surface area contributed by atoms with Crippen LogP contribution in [-0.4, -0.2) is 18.3 Å². The van der Waals surface area contributed by atoms with Crippen molar-refractivity contribution >= 4 is 0 Å². The highest BCUT2D eigenvalue weighted by molar-refractivity contribution is 5.29. The molecule has 0 bridgehead atoms. The summed E-state index contributed by atoms with van der Waals surface area (Å²) in [7, 11) is 0. The molecule has 2 nitrogen and oxygen atoms in total. The van der Waals surface area contributed by atoms with Gasteiger partial charge < -0.3 is 10.4 Å². The summed E-state index contributed by atoms with van der Waals surface area (Å²) < 4.78 is 38.1. The van der Waals surface area contributed by atoms with Gasteiger partial charge in [0.05, 0.1) is 5.56 Å². The second-order valence-electron chi connectivity index (χ2n) is 4.47. The lowest BCUT2D eigenvalue weighted by atomic mass is 10.1. The van der Waals surface area contributed by atoms with Crippen molar-refractivity contribution in [1.29, 1.82) is 0 Å². The van der Waals surface area contributed by atoms with E-state index in [1.807, 2.05) is 0 Å². The van der Waals surface area contributed by atoms with Crippen molar-refractivity contribution in [3.8, 4) is 0 Å². The maximum Gasteiger partial charge on any atom is 0.416 e. The van der Waals surface area contributed by atoms with Gasteiger partial charge >= 0.3 is 6.18 Å². The molecule has 0 heterocycles. The minimum atomic E-state index is -4.29. The summed E-state index contributed by atoms with van der Waals surface area (Å²) in [6.07, 6.45) is -0.656. The molecule has 1 rings (SSSR count). The van der Waals surface area contributed by atoms with Crippen LogP contribution in [0.2, 0.25) is 0 Å². The fourth-order valence-electron chi connectivity index (χ4n) is 1.89. The molecular formula is C14H20F3NO. The zero-order chi connectivity index (χ0) is 14.1. The largest absolute Gasteiger partial charge is 0.416 e. The first-order valence-corrected chi connectivity index (χ1v) is 6.52. The van der Waals surface area contributed by atoms with Crippen LogP contribution in [0.1, 0.15) is 36.8 Å². The van der Waals surface area contributed by atoms with Gasteiger partial charge in [0.2, 0.25) is 0 Å². The third kappa shape index (κ3) is 6.07. The summed E-state index contributed by atoms with van der Waals surface area (Å²) in [5, 5.41) is 11.6. The van der Waals surface area contributed by atoms with Gasteiger partial charge in [0, 0.05) is 13.2 Å². The van der Waals surface area contributed by atoms with Crippen molar-refractivity contribution in [3.63, 3.8) is 0 Å².